The van der Waals surface area contributed by atoms with Crippen LogP contribution < -0.4 is 14.9 Å². The molecule has 1 aromatic heterocycles. The predicted molar refractivity (Wildman–Crippen MR) is 174 cm³/mol. The van der Waals surface area contributed by atoms with Crippen LogP contribution in [0.2, 0.25) is 0 Å². The van der Waals surface area contributed by atoms with E-state index >= 15 is 0 Å². The number of carbonyl (C=O) groups excluding carboxylic acids is 2. The van der Waals surface area contributed by atoms with Crippen molar-refractivity contribution in [1.29, 1.82) is 0 Å². The van der Waals surface area contributed by atoms with Crippen molar-refractivity contribution in [2.75, 3.05) is 11.9 Å². The van der Waals surface area contributed by atoms with E-state index in [0.717, 1.165) is 5.56 Å². The van der Waals surface area contributed by atoms with E-state index < -0.39 is 43.9 Å². The molecule has 5 rings (SSSR count). The maximum absolute atomic E-state index is 13.7. The number of para-hydroxylation sites is 1. The molecule has 3 aromatic carbocycles. The van der Waals surface area contributed by atoms with E-state index in [0.29, 0.717) is 28.3 Å². The molecule has 0 spiro atoms. The van der Waals surface area contributed by atoms with Crippen molar-refractivity contribution in [2.45, 2.75) is 45.8 Å². The van der Waals surface area contributed by atoms with Gasteiger partial charge in [-0.1, -0.05) is 80.6 Å². The Kier molecular flexibility index (Phi) is 9.35. The van der Waals surface area contributed by atoms with Crippen LogP contribution in [-0.2, 0) is 29.4 Å². The number of likely N-dealkylation sites (N-methyl/N-ethyl adjacent to an activating group) is 1. The highest BCUT2D eigenvalue weighted by atomic mass is 32.3. The number of hydrogen-bond donors (Lipinski definition) is 2. The van der Waals surface area contributed by atoms with Gasteiger partial charge in [-0.25, -0.2) is 21.8 Å². The Bertz CT molecular complexity index is 1960. The summed E-state index contributed by atoms with van der Waals surface area (Å²) in [5, 5.41) is 2.67. The molecule has 2 heterocycles. The first-order valence-electron chi connectivity index (χ1n) is 14.1. The molecule has 1 aliphatic heterocycles. The third-order valence-corrected chi connectivity index (χ3v) is 12.4. The molecule has 0 saturated heterocycles. The van der Waals surface area contributed by atoms with Crippen molar-refractivity contribution >= 4 is 54.4 Å². The van der Waals surface area contributed by atoms with Crippen molar-refractivity contribution < 1.29 is 26.4 Å². The summed E-state index contributed by atoms with van der Waals surface area (Å²) in [6.07, 6.45) is -1.23. The van der Waals surface area contributed by atoms with E-state index in [4.69, 9.17) is 0 Å². The van der Waals surface area contributed by atoms with Crippen LogP contribution in [0, 0.1) is 5.92 Å². The zero-order chi connectivity index (χ0) is 32.4. The molecule has 13 heteroatoms. The van der Waals surface area contributed by atoms with Crippen LogP contribution in [0.15, 0.2) is 115 Å². The first-order valence-corrected chi connectivity index (χ1v) is 17.9. The number of benzodiazepines with no additional fused rings is 1. The molecule has 2 N–H and O–H groups in total. The molecule has 0 bridgehead atoms. The highest BCUT2D eigenvalue weighted by Gasteiger charge is 2.35. The molecule has 0 radical (unpaired) electrons. The minimum Gasteiger partial charge on any atom is -0.325 e. The van der Waals surface area contributed by atoms with Gasteiger partial charge in [0.25, 0.3) is 15.9 Å². The van der Waals surface area contributed by atoms with E-state index in [9.17, 15) is 26.4 Å². The van der Waals surface area contributed by atoms with Crippen molar-refractivity contribution in [3.05, 3.63) is 108 Å². The number of hydrogen-bond acceptors (Lipinski definition) is 8. The summed E-state index contributed by atoms with van der Waals surface area (Å²) in [5.74, 6) is -1.35. The van der Waals surface area contributed by atoms with E-state index in [1.54, 1.807) is 37.4 Å². The van der Waals surface area contributed by atoms with E-state index in [2.05, 4.69) is 15.0 Å². The van der Waals surface area contributed by atoms with E-state index in [1.807, 2.05) is 56.3 Å². The maximum atomic E-state index is 13.7. The molecule has 4 aromatic rings. The Hall–Kier alpha value is -4.17. The fourth-order valence-corrected chi connectivity index (χ4v) is 9.33. The van der Waals surface area contributed by atoms with Gasteiger partial charge in [-0.3, -0.25) is 9.59 Å². The zero-order valence-corrected chi connectivity index (χ0v) is 27.2. The molecule has 10 nitrogen and oxygen atoms in total. The maximum Gasteiger partial charge on any atom is 0.272 e. The van der Waals surface area contributed by atoms with Gasteiger partial charge in [0.2, 0.25) is 21.9 Å². The Morgan fingerprint density at radius 1 is 0.867 bits per heavy atom. The van der Waals surface area contributed by atoms with E-state index in [1.165, 1.54) is 29.2 Å². The molecule has 0 saturated carbocycles. The number of sulfone groups is 1. The lowest BCUT2D eigenvalue weighted by atomic mass is 10.0. The van der Waals surface area contributed by atoms with Gasteiger partial charge < -0.3 is 10.2 Å². The number of amides is 2. The number of nitrogens with one attached hydrogen (secondary N) is 2. The van der Waals surface area contributed by atoms with Crippen LogP contribution >= 0.6 is 11.3 Å². The van der Waals surface area contributed by atoms with Gasteiger partial charge in [-0.2, -0.15) is 4.72 Å². The van der Waals surface area contributed by atoms with Crippen molar-refractivity contribution in [3.63, 3.8) is 0 Å². The smallest absolute Gasteiger partial charge is 0.272 e. The summed E-state index contributed by atoms with van der Waals surface area (Å²) < 4.78 is 55.1. The highest BCUT2D eigenvalue weighted by molar-refractivity contribution is 7.95. The van der Waals surface area contributed by atoms with Crippen LogP contribution in [0.25, 0.3) is 0 Å². The number of carbonyl (C=O) groups is 2. The first-order chi connectivity index (χ1) is 21.4. The topological polar surface area (TPSA) is 142 Å². The second kappa shape index (κ2) is 13.1. The Morgan fingerprint density at radius 3 is 2.13 bits per heavy atom. The number of nitrogens with zero attached hydrogens (tertiary/aromatic N) is 2. The summed E-state index contributed by atoms with van der Waals surface area (Å²) in [5.41, 5.74) is 2.56. The van der Waals surface area contributed by atoms with Gasteiger partial charge >= 0.3 is 0 Å². The van der Waals surface area contributed by atoms with Crippen LogP contribution in [0.5, 0.6) is 0 Å². The third-order valence-electron chi connectivity index (χ3n) is 7.13. The number of rotatable bonds is 10. The first kappa shape index (κ1) is 32.2. The van der Waals surface area contributed by atoms with Gasteiger partial charge in [-0.05, 0) is 42.7 Å². The summed E-state index contributed by atoms with van der Waals surface area (Å²) in [4.78, 5) is 33.5. The number of aliphatic imine (C=N–C) groups is 1. The van der Waals surface area contributed by atoms with Crippen LogP contribution in [-0.4, -0.2) is 53.6 Å². The van der Waals surface area contributed by atoms with Gasteiger partial charge in [0.05, 0.1) is 16.3 Å². The SMILES string of the molecule is CC(C)CC(NS(=O)(=O)c1ccc(S(=O)(=O)c2ccccc2)s1)C(=O)NC1N=C(c2ccccc2)c2ccccc2N(C)C1=O. The van der Waals surface area contributed by atoms with Crippen LogP contribution in [0.3, 0.4) is 0 Å². The molecule has 45 heavy (non-hydrogen) atoms. The normalized spacial score (nSPS) is 16.1. The number of sulfonamides is 1. The van der Waals surface area contributed by atoms with Gasteiger partial charge in [-0.15, -0.1) is 11.3 Å². The molecule has 2 unspecified atom stereocenters. The summed E-state index contributed by atoms with van der Waals surface area (Å²) >= 11 is 0.591. The molecule has 0 fully saturated rings. The highest BCUT2D eigenvalue weighted by Crippen LogP contribution is 2.31. The molecule has 2 atom stereocenters. The molecular weight excluding hydrogens is 633 g/mol. The van der Waals surface area contributed by atoms with Gasteiger partial charge in [0.1, 0.15) is 14.5 Å². The van der Waals surface area contributed by atoms with Crippen molar-refractivity contribution in [1.82, 2.24) is 10.0 Å². The molecule has 2 amide bonds. The zero-order valence-electron chi connectivity index (χ0n) is 24.7. The molecule has 234 valence electrons. The lowest BCUT2D eigenvalue weighted by Gasteiger charge is -2.24. The summed E-state index contributed by atoms with van der Waals surface area (Å²) in [7, 11) is -6.67. The largest absolute Gasteiger partial charge is 0.325 e. The fourth-order valence-electron chi connectivity index (χ4n) is 4.91. The Balaban J connectivity index is 1.43. The molecule has 0 aliphatic carbocycles. The third kappa shape index (κ3) is 6.91. The molecule has 1 aliphatic rings. The number of benzene rings is 3. The van der Waals surface area contributed by atoms with Gasteiger partial charge in [0.15, 0.2) is 0 Å². The van der Waals surface area contributed by atoms with Crippen LogP contribution in [0.4, 0.5) is 5.69 Å². The molecular formula is C32H32N4O6S3. The quantitative estimate of drug-likeness (QED) is 0.260. The average Bonchev–Trinajstić information content (AvgIpc) is 3.52. The Labute approximate surface area is 266 Å². The summed E-state index contributed by atoms with van der Waals surface area (Å²) in [6.45, 7) is 3.66. The number of fused-ring (bicyclic) bond motifs is 1. The van der Waals surface area contributed by atoms with Gasteiger partial charge in [0, 0.05) is 18.2 Å². The lowest BCUT2D eigenvalue weighted by molar-refractivity contribution is -0.128. The van der Waals surface area contributed by atoms with E-state index in [-0.39, 0.29) is 25.7 Å². The summed E-state index contributed by atoms with van der Waals surface area (Å²) in [6, 6.07) is 25.4. The predicted octanol–water partition coefficient (Wildman–Crippen LogP) is 4.23. The monoisotopic (exact) mass is 664 g/mol. The number of thiophene rings is 1. The minimum atomic E-state index is -4.33. The van der Waals surface area contributed by atoms with Crippen molar-refractivity contribution in [2.24, 2.45) is 10.9 Å². The standard InChI is InChI=1S/C32H32N4O6S3/c1-21(2)20-25(35-45(41,42)28-19-18-27(43-28)44(39,40)23-14-8-5-9-15-23)31(37)34-30-32(38)36(3)26-17-11-10-16-24(26)29(33-30)22-12-6-4-7-13-22/h4-19,21,25,30,35H,20H2,1-3H3,(H,34,37). The number of anilines is 1. The Morgan fingerprint density at radius 2 is 1.47 bits per heavy atom. The fraction of sp³-hybridized carbons (Fsp3) is 0.219. The van der Waals surface area contributed by atoms with Crippen LogP contribution in [0.1, 0.15) is 31.4 Å². The second-order valence-corrected chi connectivity index (χ2v) is 16.1. The second-order valence-electron chi connectivity index (χ2n) is 10.9. The minimum absolute atomic E-state index is 0.0384. The lowest BCUT2D eigenvalue weighted by Crippen LogP contribution is -2.53. The van der Waals surface area contributed by atoms with Crippen molar-refractivity contribution in [3.8, 4) is 0 Å². The average molecular weight is 665 g/mol.